The van der Waals surface area contributed by atoms with Gasteiger partial charge in [-0.1, -0.05) is 0 Å². The maximum atomic E-state index is 11.7. The van der Waals surface area contributed by atoms with Crippen molar-refractivity contribution in [2.75, 3.05) is 13.7 Å². The van der Waals surface area contributed by atoms with Crippen molar-refractivity contribution in [1.29, 1.82) is 0 Å². The lowest BCUT2D eigenvalue weighted by Gasteiger charge is -2.11. The molecule has 2 N–H and O–H groups in total. The first-order chi connectivity index (χ1) is 6.31. The van der Waals surface area contributed by atoms with Gasteiger partial charge < -0.3 is 9.84 Å². The minimum Gasteiger partial charge on any atom is -0.479 e. The Morgan fingerprint density at radius 2 is 2.07 bits per heavy atom. The quantitative estimate of drug-likeness (QED) is 0.628. The molecule has 0 fully saturated rings. The number of sulfonamides is 1. The van der Waals surface area contributed by atoms with E-state index < -0.39 is 34.4 Å². The summed E-state index contributed by atoms with van der Waals surface area (Å²) in [7, 11) is -3.74. The van der Waals surface area contributed by atoms with Gasteiger partial charge in [-0.15, -0.1) is 0 Å². The zero-order valence-corrected chi connectivity index (χ0v) is 7.92. The topological polar surface area (TPSA) is 92.7 Å². The van der Waals surface area contributed by atoms with Gasteiger partial charge in [0.2, 0.25) is 0 Å². The lowest BCUT2D eigenvalue weighted by Crippen LogP contribution is -2.39. The molecule has 9 heteroatoms. The standard InChI is InChI=1S/C5H9F2NO5S/c1-13-3(4(9)10)2-8-14(11,12)5(6)7/h3,5,8H,2H2,1H3,(H,9,10). The summed E-state index contributed by atoms with van der Waals surface area (Å²) in [6.07, 6.45) is -1.48. The molecule has 0 heterocycles. The van der Waals surface area contributed by atoms with Crippen molar-refractivity contribution in [3.63, 3.8) is 0 Å². The predicted molar refractivity (Wildman–Crippen MR) is 41.4 cm³/mol. The number of halogens is 2. The van der Waals surface area contributed by atoms with Gasteiger partial charge in [0, 0.05) is 13.7 Å². The van der Waals surface area contributed by atoms with Gasteiger partial charge in [-0.05, 0) is 0 Å². The fourth-order valence-electron chi connectivity index (χ4n) is 0.526. The summed E-state index contributed by atoms with van der Waals surface area (Å²) >= 11 is 0. The smallest absolute Gasteiger partial charge is 0.350 e. The monoisotopic (exact) mass is 233 g/mol. The largest absolute Gasteiger partial charge is 0.479 e. The number of hydrogen-bond acceptors (Lipinski definition) is 4. The Hall–Kier alpha value is -0.800. The van der Waals surface area contributed by atoms with Crippen molar-refractivity contribution in [2.24, 2.45) is 0 Å². The number of ether oxygens (including phenoxy) is 1. The van der Waals surface area contributed by atoms with Crippen LogP contribution in [0.1, 0.15) is 0 Å². The summed E-state index contributed by atoms with van der Waals surface area (Å²) in [5.41, 5.74) is 0. The van der Waals surface area contributed by atoms with E-state index in [2.05, 4.69) is 4.74 Å². The second kappa shape index (κ2) is 5.17. The number of rotatable bonds is 6. The SMILES string of the molecule is COC(CNS(=O)(=O)C(F)F)C(=O)O. The molecule has 6 nitrogen and oxygen atoms in total. The molecule has 0 aromatic heterocycles. The molecule has 0 aliphatic carbocycles. The van der Waals surface area contributed by atoms with Gasteiger partial charge >= 0.3 is 11.7 Å². The Bertz CT molecular complexity index is 290. The number of carbonyl (C=O) groups is 1. The summed E-state index contributed by atoms with van der Waals surface area (Å²) < 4.78 is 50.1. The Morgan fingerprint density at radius 3 is 2.36 bits per heavy atom. The van der Waals surface area contributed by atoms with Crippen molar-refractivity contribution < 1.29 is 31.8 Å². The molecule has 1 atom stereocenters. The number of nitrogens with one attached hydrogen (secondary N) is 1. The lowest BCUT2D eigenvalue weighted by molar-refractivity contribution is -0.147. The molecule has 0 aliphatic heterocycles. The van der Waals surface area contributed by atoms with Crippen molar-refractivity contribution >= 4 is 16.0 Å². The highest BCUT2D eigenvalue weighted by molar-refractivity contribution is 7.89. The maximum Gasteiger partial charge on any atom is 0.350 e. The molecule has 0 aromatic rings. The summed E-state index contributed by atoms with van der Waals surface area (Å²) in [5.74, 6) is -5.03. The zero-order chi connectivity index (χ0) is 11.4. The first-order valence-electron chi connectivity index (χ1n) is 3.33. The van der Waals surface area contributed by atoms with Gasteiger partial charge in [0.15, 0.2) is 6.10 Å². The number of alkyl halides is 2. The number of hydrogen-bond donors (Lipinski definition) is 2. The average molecular weight is 233 g/mol. The fourth-order valence-corrected chi connectivity index (χ4v) is 1.04. The van der Waals surface area contributed by atoms with E-state index in [0.717, 1.165) is 7.11 Å². The van der Waals surface area contributed by atoms with Crippen LogP contribution in [0.2, 0.25) is 0 Å². The minimum absolute atomic E-state index is 0.738. The molecule has 84 valence electrons. The van der Waals surface area contributed by atoms with Crippen LogP contribution < -0.4 is 4.72 Å². The summed E-state index contributed by atoms with van der Waals surface area (Å²) in [4.78, 5) is 10.3. The van der Waals surface area contributed by atoms with E-state index >= 15 is 0 Å². The van der Waals surface area contributed by atoms with Crippen molar-refractivity contribution in [3.8, 4) is 0 Å². The van der Waals surface area contributed by atoms with Crippen LogP contribution in [-0.2, 0) is 19.6 Å². The van der Waals surface area contributed by atoms with E-state index in [9.17, 15) is 22.0 Å². The Labute approximate surface area is 78.9 Å². The average Bonchev–Trinajstić information content (AvgIpc) is 2.04. The van der Waals surface area contributed by atoms with Crippen LogP contribution >= 0.6 is 0 Å². The van der Waals surface area contributed by atoms with Crippen molar-refractivity contribution in [3.05, 3.63) is 0 Å². The van der Waals surface area contributed by atoms with Crippen LogP contribution in [0.15, 0.2) is 0 Å². The molecular formula is C5H9F2NO5S. The second-order valence-electron chi connectivity index (χ2n) is 2.22. The number of aliphatic carboxylic acids is 1. The van der Waals surface area contributed by atoms with Crippen LogP contribution in [0.5, 0.6) is 0 Å². The highest BCUT2D eigenvalue weighted by Gasteiger charge is 2.26. The van der Waals surface area contributed by atoms with Crippen LogP contribution in [0, 0.1) is 0 Å². The van der Waals surface area contributed by atoms with Crippen LogP contribution in [-0.4, -0.2) is 45.0 Å². The molecule has 0 rings (SSSR count). The molecule has 14 heavy (non-hydrogen) atoms. The van der Waals surface area contributed by atoms with E-state index in [0.29, 0.717) is 0 Å². The van der Waals surface area contributed by atoms with Gasteiger partial charge in [0.05, 0.1) is 0 Å². The van der Waals surface area contributed by atoms with Crippen LogP contribution in [0.3, 0.4) is 0 Å². The highest BCUT2D eigenvalue weighted by Crippen LogP contribution is 2.01. The summed E-state index contributed by atoms with van der Waals surface area (Å²) in [6, 6.07) is 0. The molecule has 0 spiro atoms. The van der Waals surface area contributed by atoms with E-state index in [-0.39, 0.29) is 0 Å². The Morgan fingerprint density at radius 1 is 1.57 bits per heavy atom. The molecule has 0 aliphatic rings. The van der Waals surface area contributed by atoms with E-state index in [1.807, 2.05) is 0 Å². The molecule has 0 aromatic carbocycles. The van der Waals surface area contributed by atoms with Gasteiger partial charge in [-0.3, -0.25) is 0 Å². The maximum absolute atomic E-state index is 11.7. The second-order valence-corrected chi connectivity index (χ2v) is 3.95. The van der Waals surface area contributed by atoms with Gasteiger partial charge in [-0.2, -0.15) is 8.78 Å². The molecule has 0 radical (unpaired) electrons. The molecule has 1 unspecified atom stereocenters. The van der Waals surface area contributed by atoms with E-state index in [1.54, 1.807) is 0 Å². The zero-order valence-electron chi connectivity index (χ0n) is 7.11. The molecule has 0 amide bonds. The Kier molecular flexibility index (Phi) is 4.88. The van der Waals surface area contributed by atoms with Gasteiger partial charge in [-0.25, -0.2) is 17.9 Å². The lowest BCUT2D eigenvalue weighted by atomic mass is 10.4. The summed E-state index contributed by atoms with van der Waals surface area (Å²) in [5, 5.41) is 8.36. The van der Waals surface area contributed by atoms with Crippen molar-refractivity contribution in [1.82, 2.24) is 4.72 Å². The third-order valence-corrected chi connectivity index (χ3v) is 2.30. The fraction of sp³-hybridized carbons (Fsp3) is 0.800. The number of carboxylic acids is 1. The normalized spacial score (nSPS) is 14.3. The highest BCUT2D eigenvalue weighted by atomic mass is 32.2. The third-order valence-electron chi connectivity index (χ3n) is 1.26. The first kappa shape index (κ1) is 13.2. The summed E-state index contributed by atoms with van der Waals surface area (Å²) in [6.45, 7) is -0.738. The van der Waals surface area contributed by atoms with E-state index in [4.69, 9.17) is 5.11 Å². The van der Waals surface area contributed by atoms with E-state index in [1.165, 1.54) is 4.72 Å². The molecule has 0 saturated carbocycles. The molecular weight excluding hydrogens is 224 g/mol. The van der Waals surface area contributed by atoms with Crippen molar-refractivity contribution in [2.45, 2.75) is 11.9 Å². The number of carboxylic acid groups (broad SMARTS) is 1. The van der Waals surface area contributed by atoms with Crippen LogP contribution in [0.25, 0.3) is 0 Å². The third kappa shape index (κ3) is 3.94. The predicted octanol–water partition coefficient (Wildman–Crippen LogP) is -0.772. The first-order valence-corrected chi connectivity index (χ1v) is 4.88. The van der Waals surface area contributed by atoms with Gasteiger partial charge in [0.25, 0.3) is 10.0 Å². The Balaban J connectivity index is 4.24. The van der Waals surface area contributed by atoms with Crippen LogP contribution in [0.4, 0.5) is 8.78 Å². The molecule has 0 bridgehead atoms. The number of methoxy groups -OCH3 is 1. The molecule has 0 saturated heterocycles. The minimum atomic E-state index is -4.76. The van der Waals surface area contributed by atoms with Gasteiger partial charge in [0.1, 0.15) is 0 Å².